The number of thioether (sulfide) groups is 1. The van der Waals surface area contributed by atoms with Gasteiger partial charge in [0.2, 0.25) is 15.9 Å². The summed E-state index contributed by atoms with van der Waals surface area (Å²) < 4.78 is 26.7. The van der Waals surface area contributed by atoms with Gasteiger partial charge in [-0.3, -0.25) is 4.79 Å². The van der Waals surface area contributed by atoms with E-state index in [0.29, 0.717) is 23.9 Å². The Hall–Kier alpha value is -2.37. The first-order chi connectivity index (χ1) is 12.8. The molecule has 1 fully saturated rings. The molecule has 0 saturated carbocycles. The molecular formula is C16H20N6O3S2. The van der Waals surface area contributed by atoms with Crippen LogP contribution in [0.1, 0.15) is 12.8 Å². The molecule has 1 saturated heterocycles. The third kappa shape index (κ3) is 4.87. The summed E-state index contributed by atoms with van der Waals surface area (Å²) >= 11 is 1.09. The van der Waals surface area contributed by atoms with Crippen molar-refractivity contribution in [3.05, 3.63) is 30.3 Å². The van der Waals surface area contributed by atoms with Gasteiger partial charge in [-0.05, 0) is 31.0 Å². The average molecular weight is 409 g/mol. The molecule has 2 heterocycles. The number of hydrogen-bond acceptors (Lipinski definition) is 8. The third-order valence-corrected chi connectivity index (χ3v) is 6.64. The SMILES string of the molecule is Nc1cc(N)nc(SCC(=O)Nc2cccc(S(=O)(=O)N3CCCC3)c2)n1. The van der Waals surface area contributed by atoms with Gasteiger partial charge < -0.3 is 16.8 Å². The molecule has 1 amide bonds. The van der Waals surface area contributed by atoms with Crippen LogP contribution in [0.2, 0.25) is 0 Å². The third-order valence-electron chi connectivity index (χ3n) is 3.90. The minimum absolute atomic E-state index is 0.0337. The average Bonchev–Trinajstić information content (AvgIpc) is 3.15. The van der Waals surface area contributed by atoms with Gasteiger partial charge >= 0.3 is 0 Å². The zero-order valence-electron chi connectivity index (χ0n) is 14.5. The Bertz CT molecular complexity index is 925. The van der Waals surface area contributed by atoms with Crippen LogP contribution in [0.15, 0.2) is 40.4 Å². The molecule has 0 bridgehead atoms. The lowest BCUT2D eigenvalue weighted by atomic mass is 10.3. The van der Waals surface area contributed by atoms with Gasteiger partial charge in [-0.1, -0.05) is 17.8 Å². The first-order valence-corrected chi connectivity index (χ1v) is 10.7. The van der Waals surface area contributed by atoms with Crippen LogP contribution in [0, 0.1) is 0 Å². The van der Waals surface area contributed by atoms with Gasteiger partial charge in [0.05, 0.1) is 10.6 Å². The normalized spacial score (nSPS) is 15.0. The predicted octanol–water partition coefficient (Wildman–Crippen LogP) is 1.16. The van der Waals surface area contributed by atoms with E-state index in [1.165, 1.54) is 22.5 Å². The summed E-state index contributed by atoms with van der Waals surface area (Å²) in [4.78, 5) is 20.3. The molecule has 11 heteroatoms. The smallest absolute Gasteiger partial charge is 0.243 e. The molecule has 3 rings (SSSR count). The van der Waals surface area contributed by atoms with E-state index in [1.807, 2.05) is 0 Å². The van der Waals surface area contributed by atoms with Crippen LogP contribution in [-0.4, -0.2) is 47.4 Å². The molecule has 9 nitrogen and oxygen atoms in total. The number of rotatable bonds is 6. The highest BCUT2D eigenvalue weighted by molar-refractivity contribution is 7.99. The number of hydrogen-bond donors (Lipinski definition) is 3. The molecule has 27 heavy (non-hydrogen) atoms. The molecule has 2 aromatic rings. The second-order valence-corrected chi connectivity index (χ2v) is 8.86. The number of carbonyl (C=O) groups excluding carboxylic acids is 1. The van der Waals surface area contributed by atoms with Crippen molar-refractivity contribution in [1.29, 1.82) is 0 Å². The Morgan fingerprint density at radius 1 is 1.15 bits per heavy atom. The molecule has 1 aliphatic rings. The number of benzene rings is 1. The molecule has 144 valence electrons. The molecule has 0 atom stereocenters. The van der Waals surface area contributed by atoms with Crippen molar-refractivity contribution >= 4 is 45.0 Å². The minimum Gasteiger partial charge on any atom is -0.383 e. The Kier molecular flexibility index (Phi) is 5.82. The number of sulfonamides is 1. The maximum atomic E-state index is 12.6. The largest absolute Gasteiger partial charge is 0.383 e. The molecule has 1 aliphatic heterocycles. The maximum absolute atomic E-state index is 12.6. The van der Waals surface area contributed by atoms with Crippen LogP contribution < -0.4 is 16.8 Å². The number of aromatic nitrogens is 2. The van der Waals surface area contributed by atoms with Crippen LogP contribution in [0.5, 0.6) is 0 Å². The van der Waals surface area contributed by atoms with Crippen LogP contribution in [-0.2, 0) is 14.8 Å². The fourth-order valence-electron chi connectivity index (χ4n) is 2.67. The van der Waals surface area contributed by atoms with E-state index in [-0.39, 0.29) is 28.2 Å². The highest BCUT2D eigenvalue weighted by Crippen LogP contribution is 2.23. The Morgan fingerprint density at radius 2 is 1.81 bits per heavy atom. The molecule has 0 aliphatic carbocycles. The number of amides is 1. The number of nitrogens with one attached hydrogen (secondary N) is 1. The Labute approximate surface area is 161 Å². The lowest BCUT2D eigenvalue weighted by molar-refractivity contribution is -0.113. The van der Waals surface area contributed by atoms with Crippen LogP contribution >= 0.6 is 11.8 Å². The molecule has 5 N–H and O–H groups in total. The summed E-state index contributed by atoms with van der Waals surface area (Å²) in [6, 6.07) is 7.66. The van der Waals surface area contributed by atoms with E-state index in [0.717, 1.165) is 24.6 Å². The molecule has 0 radical (unpaired) electrons. The monoisotopic (exact) mass is 408 g/mol. The highest BCUT2D eigenvalue weighted by Gasteiger charge is 2.27. The van der Waals surface area contributed by atoms with Crippen molar-refractivity contribution < 1.29 is 13.2 Å². The maximum Gasteiger partial charge on any atom is 0.243 e. The van der Waals surface area contributed by atoms with Gasteiger partial charge in [-0.25, -0.2) is 18.4 Å². The van der Waals surface area contributed by atoms with E-state index in [1.54, 1.807) is 12.1 Å². The van der Waals surface area contributed by atoms with E-state index < -0.39 is 10.0 Å². The van der Waals surface area contributed by atoms with Gasteiger partial charge in [0.1, 0.15) is 11.6 Å². The van der Waals surface area contributed by atoms with Crippen molar-refractivity contribution in [1.82, 2.24) is 14.3 Å². The molecular weight excluding hydrogens is 388 g/mol. The van der Waals surface area contributed by atoms with Gasteiger partial charge in [0, 0.05) is 24.8 Å². The lowest BCUT2D eigenvalue weighted by Gasteiger charge is -2.16. The Balaban J connectivity index is 1.64. The van der Waals surface area contributed by atoms with Crippen molar-refractivity contribution in [2.75, 3.05) is 35.6 Å². The number of carbonyl (C=O) groups is 1. The highest BCUT2D eigenvalue weighted by atomic mass is 32.2. The fraction of sp³-hybridized carbons (Fsp3) is 0.312. The van der Waals surface area contributed by atoms with Crippen molar-refractivity contribution in [3.63, 3.8) is 0 Å². The first-order valence-electron chi connectivity index (χ1n) is 8.27. The van der Waals surface area contributed by atoms with E-state index in [9.17, 15) is 13.2 Å². The van der Waals surface area contributed by atoms with Gasteiger partial charge in [-0.2, -0.15) is 4.31 Å². The number of nitrogens with zero attached hydrogens (tertiary/aromatic N) is 3. The van der Waals surface area contributed by atoms with Gasteiger partial charge in [0.15, 0.2) is 5.16 Å². The van der Waals surface area contributed by atoms with Crippen molar-refractivity contribution in [3.8, 4) is 0 Å². The molecule has 1 aromatic carbocycles. The summed E-state index contributed by atoms with van der Waals surface area (Å²) in [5, 5.41) is 2.98. The number of nitrogens with two attached hydrogens (primary N) is 2. The quantitative estimate of drug-likeness (QED) is 0.477. The topological polar surface area (TPSA) is 144 Å². The van der Waals surface area contributed by atoms with Gasteiger partial charge in [-0.15, -0.1) is 0 Å². The van der Waals surface area contributed by atoms with Gasteiger partial charge in [0.25, 0.3) is 0 Å². The van der Waals surface area contributed by atoms with Crippen molar-refractivity contribution in [2.24, 2.45) is 0 Å². The zero-order valence-corrected chi connectivity index (χ0v) is 16.1. The lowest BCUT2D eigenvalue weighted by Crippen LogP contribution is -2.28. The molecule has 1 aromatic heterocycles. The number of anilines is 3. The first kappa shape index (κ1) is 19.4. The fourth-order valence-corrected chi connectivity index (χ4v) is 4.90. The van der Waals surface area contributed by atoms with Crippen LogP contribution in [0.4, 0.5) is 17.3 Å². The number of nitrogen functional groups attached to an aromatic ring is 2. The predicted molar refractivity (Wildman–Crippen MR) is 105 cm³/mol. The Morgan fingerprint density at radius 3 is 2.48 bits per heavy atom. The molecule has 0 spiro atoms. The van der Waals surface area contributed by atoms with E-state index in [4.69, 9.17) is 11.5 Å². The minimum atomic E-state index is -3.53. The van der Waals surface area contributed by atoms with E-state index >= 15 is 0 Å². The zero-order chi connectivity index (χ0) is 19.4. The second kappa shape index (κ2) is 8.11. The van der Waals surface area contributed by atoms with Crippen molar-refractivity contribution in [2.45, 2.75) is 22.9 Å². The summed E-state index contributed by atoms with van der Waals surface area (Å²) in [6.45, 7) is 1.05. The molecule has 0 unspecified atom stereocenters. The van der Waals surface area contributed by atoms with E-state index in [2.05, 4.69) is 15.3 Å². The summed E-state index contributed by atoms with van der Waals surface area (Å²) in [5.41, 5.74) is 11.6. The standard InChI is InChI=1S/C16H20N6O3S2/c17-13-9-14(18)21-16(20-13)26-10-15(23)19-11-4-3-5-12(8-11)27(24,25)22-6-1-2-7-22/h3-5,8-9H,1-2,6-7,10H2,(H,19,23)(H4,17,18,20,21). The van der Waals surface area contributed by atoms with Crippen LogP contribution in [0.3, 0.4) is 0 Å². The van der Waals surface area contributed by atoms with Crippen LogP contribution in [0.25, 0.3) is 0 Å². The summed E-state index contributed by atoms with van der Waals surface area (Å²) in [5.74, 6) is 0.169. The summed E-state index contributed by atoms with van der Waals surface area (Å²) in [6.07, 6.45) is 1.73. The summed E-state index contributed by atoms with van der Waals surface area (Å²) in [7, 11) is -3.53. The second-order valence-electron chi connectivity index (χ2n) is 5.98.